The molecular formula is C13H19NO4. The van der Waals surface area contributed by atoms with E-state index >= 15 is 0 Å². The first kappa shape index (κ1) is 14.2. The fourth-order valence-electron chi connectivity index (χ4n) is 1.44. The van der Waals surface area contributed by atoms with Crippen LogP contribution in [0, 0.1) is 5.92 Å². The molecule has 5 heteroatoms. The number of carbonyl (C=O) groups is 1. The van der Waals surface area contributed by atoms with Gasteiger partial charge in [0.25, 0.3) is 0 Å². The van der Waals surface area contributed by atoms with Crippen molar-refractivity contribution in [3.8, 4) is 17.2 Å². The number of hydrogen-bond acceptors (Lipinski definition) is 4. The van der Waals surface area contributed by atoms with Crippen LogP contribution in [-0.4, -0.2) is 27.2 Å². The van der Waals surface area contributed by atoms with Crippen molar-refractivity contribution in [2.75, 3.05) is 26.6 Å². The molecule has 1 amide bonds. The second-order valence-electron chi connectivity index (χ2n) is 4.06. The van der Waals surface area contributed by atoms with E-state index in [1.807, 2.05) is 13.8 Å². The van der Waals surface area contributed by atoms with Crippen molar-refractivity contribution in [1.29, 1.82) is 0 Å². The summed E-state index contributed by atoms with van der Waals surface area (Å²) in [4.78, 5) is 11.6. The van der Waals surface area contributed by atoms with E-state index in [4.69, 9.17) is 14.2 Å². The number of ether oxygens (including phenoxy) is 3. The Labute approximate surface area is 107 Å². The lowest BCUT2D eigenvalue weighted by molar-refractivity contribution is -0.118. The van der Waals surface area contributed by atoms with Crippen molar-refractivity contribution < 1.29 is 19.0 Å². The van der Waals surface area contributed by atoms with Crippen molar-refractivity contribution in [3.63, 3.8) is 0 Å². The van der Waals surface area contributed by atoms with Gasteiger partial charge in [0, 0.05) is 23.7 Å². The second-order valence-corrected chi connectivity index (χ2v) is 4.06. The summed E-state index contributed by atoms with van der Waals surface area (Å²) in [6, 6.07) is 3.39. The summed E-state index contributed by atoms with van der Waals surface area (Å²) in [5.41, 5.74) is 0.614. The maximum absolute atomic E-state index is 11.6. The number of methoxy groups -OCH3 is 3. The topological polar surface area (TPSA) is 56.8 Å². The van der Waals surface area contributed by atoms with Crippen LogP contribution in [-0.2, 0) is 4.79 Å². The molecule has 0 fully saturated rings. The fraction of sp³-hybridized carbons (Fsp3) is 0.462. The van der Waals surface area contributed by atoms with Gasteiger partial charge in [-0.3, -0.25) is 4.79 Å². The lowest BCUT2D eigenvalue weighted by atomic mass is 10.2. The first-order valence-corrected chi connectivity index (χ1v) is 5.64. The van der Waals surface area contributed by atoms with Crippen LogP contribution in [0.25, 0.3) is 0 Å². The number of hydrogen-bond donors (Lipinski definition) is 1. The monoisotopic (exact) mass is 253 g/mol. The van der Waals surface area contributed by atoms with Crippen LogP contribution in [0.1, 0.15) is 13.8 Å². The Balaban J connectivity index is 3.11. The number of benzene rings is 1. The average Bonchev–Trinajstić information content (AvgIpc) is 2.37. The highest BCUT2D eigenvalue weighted by Crippen LogP contribution is 2.39. The summed E-state index contributed by atoms with van der Waals surface area (Å²) in [5.74, 6) is 1.36. The van der Waals surface area contributed by atoms with Gasteiger partial charge < -0.3 is 19.5 Å². The van der Waals surface area contributed by atoms with Crippen LogP contribution >= 0.6 is 0 Å². The number of rotatable bonds is 5. The lowest BCUT2D eigenvalue weighted by Gasteiger charge is -2.15. The predicted molar refractivity (Wildman–Crippen MR) is 69.6 cm³/mol. The van der Waals surface area contributed by atoms with Crippen LogP contribution in [0.5, 0.6) is 17.2 Å². The molecule has 0 saturated carbocycles. The Morgan fingerprint density at radius 1 is 1.06 bits per heavy atom. The van der Waals surface area contributed by atoms with E-state index in [1.165, 1.54) is 21.3 Å². The van der Waals surface area contributed by atoms with Crippen molar-refractivity contribution >= 4 is 11.6 Å². The molecule has 0 aromatic heterocycles. The van der Waals surface area contributed by atoms with Gasteiger partial charge in [0.2, 0.25) is 11.7 Å². The van der Waals surface area contributed by atoms with Crippen molar-refractivity contribution in [1.82, 2.24) is 0 Å². The molecule has 0 aliphatic carbocycles. The van der Waals surface area contributed by atoms with Crippen molar-refractivity contribution in [3.05, 3.63) is 12.1 Å². The first-order valence-electron chi connectivity index (χ1n) is 5.64. The predicted octanol–water partition coefficient (Wildman–Crippen LogP) is 2.31. The third-order valence-electron chi connectivity index (χ3n) is 2.46. The maximum atomic E-state index is 11.6. The minimum atomic E-state index is -0.0934. The minimum Gasteiger partial charge on any atom is -0.493 e. The van der Waals surface area contributed by atoms with Crippen LogP contribution in [0.4, 0.5) is 5.69 Å². The normalized spacial score (nSPS) is 10.1. The molecule has 0 unspecified atom stereocenters. The highest BCUT2D eigenvalue weighted by atomic mass is 16.5. The Bertz CT molecular complexity index is 404. The summed E-state index contributed by atoms with van der Waals surface area (Å²) in [6.07, 6.45) is 0. The van der Waals surface area contributed by atoms with Crippen molar-refractivity contribution in [2.45, 2.75) is 13.8 Å². The molecule has 1 aromatic rings. The Morgan fingerprint density at radius 3 is 1.89 bits per heavy atom. The molecule has 0 heterocycles. The zero-order chi connectivity index (χ0) is 13.7. The Kier molecular flexibility index (Phi) is 4.83. The van der Waals surface area contributed by atoms with E-state index in [0.29, 0.717) is 22.9 Å². The van der Waals surface area contributed by atoms with E-state index in [-0.39, 0.29) is 11.8 Å². The van der Waals surface area contributed by atoms with Crippen LogP contribution < -0.4 is 19.5 Å². The Morgan fingerprint density at radius 2 is 1.56 bits per heavy atom. The molecule has 0 saturated heterocycles. The number of amides is 1. The molecule has 1 aromatic carbocycles. The molecule has 0 atom stereocenters. The van der Waals surface area contributed by atoms with Crippen LogP contribution in [0.3, 0.4) is 0 Å². The van der Waals surface area contributed by atoms with E-state index < -0.39 is 0 Å². The molecule has 100 valence electrons. The van der Waals surface area contributed by atoms with Gasteiger partial charge in [-0.2, -0.15) is 0 Å². The first-order chi connectivity index (χ1) is 8.53. The van der Waals surface area contributed by atoms with Gasteiger partial charge in [-0.15, -0.1) is 0 Å². The standard InChI is InChI=1S/C13H19NO4/c1-8(2)13(15)14-9-6-10(16-3)12(18-5)11(7-9)17-4/h6-8H,1-5H3,(H,14,15). The van der Waals surface area contributed by atoms with E-state index in [0.717, 1.165) is 0 Å². The lowest BCUT2D eigenvalue weighted by Crippen LogP contribution is -2.17. The van der Waals surface area contributed by atoms with Gasteiger partial charge in [-0.1, -0.05) is 13.8 Å². The molecule has 5 nitrogen and oxygen atoms in total. The summed E-state index contributed by atoms with van der Waals surface area (Å²) in [7, 11) is 4.60. The number of anilines is 1. The summed E-state index contributed by atoms with van der Waals surface area (Å²) >= 11 is 0. The van der Waals surface area contributed by atoms with E-state index in [9.17, 15) is 4.79 Å². The highest BCUT2D eigenvalue weighted by Gasteiger charge is 2.15. The molecule has 0 aliphatic rings. The van der Waals surface area contributed by atoms with Gasteiger partial charge in [0.1, 0.15) is 0 Å². The summed E-state index contributed by atoms with van der Waals surface area (Å²) in [5, 5.41) is 2.79. The molecule has 0 bridgehead atoms. The zero-order valence-corrected chi connectivity index (χ0v) is 11.4. The van der Waals surface area contributed by atoms with Crippen LogP contribution in [0.15, 0.2) is 12.1 Å². The third kappa shape index (κ3) is 3.06. The van der Waals surface area contributed by atoms with Gasteiger partial charge >= 0.3 is 0 Å². The van der Waals surface area contributed by atoms with Gasteiger partial charge in [-0.25, -0.2) is 0 Å². The van der Waals surface area contributed by atoms with Gasteiger partial charge in [-0.05, 0) is 0 Å². The molecule has 0 aliphatic heterocycles. The minimum absolute atomic E-state index is 0.0655. The SMILES string of the molecule is COc1cc(NC(=O)C(C)C)cc(OC)c1OC. The van der Waals surface area contributed by atoms with Crippen LogP contribution in [0.2, 0.25) is 0 Å². The smallest absolute Gasteiger partial charge is 0.226 e. The van der Waals surface area contributed by atoms with Crippen molar-refractivity contribution in [2.24, 2.45) is 5.92 Å². The van der Waals surface area contributed by atoms with Gasteiger partial charge in [0.15, 0.2) is 11.5 Å². The highest BCUT2D eigenvalue weighted by molar-refractivity contribution is 5.92. The Hall–Kier alpha value is -1.91. The third-order valence-corrected chi connectivity index (χ3v) is 2.46. The largest absolute Gasteiger partial charge is 0.493 e. The molecule has 0 radical (unpaired) electrons. The number of nitrogens with one attached hydrogen (secondary N) is 1. The van der Waals surface area contributed by atoms with Gasteiger partial charge in [0.05, 0.1) is 21.3 Å². The summed E-state index contributed by atoms with van der Waals surface area (Å²) < 4.78 is 15.6. The fourth-order valence-corrected chi connectivity index (χ4v) is 1.44. The molecule has 1 rings (SSSR count). The quantitative estimate of drug-likeness (QED) is 0.874. The summed E-state index contributed by atoms with van der Waals surface area (Å²) in [6.45, 7) is 3.65. The van der Waals surface area contributed by atoms with E-state index in [1.54, 1.807) is 12.1 Å². The molecule has 1 N–H and O–H groups in total. The van der Waals surface area contributed by atoms with E-state index in [2.05, 4.69) is 5.32 Å². The number of carbonyl (C=O) groups excluding carboxylic acids is 1. The molecule has 18 heavy (non-hydrogen) atoms. The molecular weight excluding hydrogens is 234 g/mol. The molecule has 0 spiro atoms. The second kappa shape index (κ2) is 6.14. The average molecular weight is 253 g/mol. The zero-order valence-electron chi connectivity index (χ0n) is 11.4. The maximum Gasteiger partial charge on any atom is 0.226 e.